The predicted octanol–water partition coefficient (Wildman–Crippen LogP) is -0.227. The summed E-state index contributed by atoms with van der Waals surface area (Å²) in [4.78, 5) is 23.6. The largest absolute Gasteiger partial charge is 0.369 e. The highest BCUT2D eigenvalue weighted by Crippen LogP contribution is 2.17. The number of ketones is 1. The van der Waals surface area contributed by atoms with E-state index in [1.807, 2.05) is 4.90 Å². The van der Waals surface area contributed by atoms with E-state index in [0.717, 1.165) is 25.9 Å². The minimum atomic E-state index is -0.290. The number of nitrogens with zero attached hydrogens (tertiary/aromatic N) is 1. The molecule has 74 valence electrons. The minimum Gasteiger partial charge on any atom is -0.369 e. The molecule has 1 fully saturated rings. The molecule has 1 heterocycles. The summed E-state index contributed by atoms with van der Waals surface area (Å²) in [5, 5.41) is 0. The van der Waals surface area contributed by atoms with E-state index in [-0.39, 0.29) is 17.6 Å². The third-order valence-electron chi connectivity index (χ3n) is 2.54. The Morgan fingerprint density at radius 1 is 1.38 bits per heavy atom. The van der Waals surface area contributed by atoms with Crippen molar-refractivity contribution < 1.29 is 9.59 Å². The van der Waals surface area contributed by atoms with Crippen molar-refractivity contribution in [3.63, 3.8) is 0 Å². The summed E-state index contributed by atoms with van der Waals surface area (Å²) in [6.45, 7) is 3.58. The molecule has 13 heavy (non-hydrogen) atoms. The fourth-order valence-electron chi connectivity index (χ4n) is 1.72. The summed E-state index contributed by atoms with van der Waals surface area (Å²) in [6, 6.07) is 0. The normalized spacial score (nSPS) is 20.1. The van der Waals surface area contributed by atoms with E-state index in [1.165, 1.54) is 0 Å². The molecular weight excluding hydrogens is 168 g/mol. The number of Topliss-reactive ketones (excluding diaryl/α,β-unsaturated/α-hetero) is 1. The zero-order chi connectivity index (χ0) is 9.84. The molecule has 0 aromatic rings. The Morgan fingerprint density at radius 2 is 1.92 bits per heavy atom. The van der Waals surface area contributed by atoms with Crippen LogP contribution in [0.15, 0.2) is 0 Å². The predicted molar refractivity (Wildman–Crippen MR) is 49.0 cm³/mol. The van der Waals surface area contributed by atoms with Gasteiger partial charge in [0.15, 0.2) is 0 Å². The van der Waals surface area contributed by atoms with Gasteiger partial charge < -0.3 is 5.73 Å². The molecule has 0 aromatic heterocycles. The molecule has 4 heteroatoms. The van der Waals surface area contributed by atoms with Crippen LogP contribution in [0.25, 0.3) is 0 Å². The van der Waals surface area contributed by atoms with Crippen LogP contribution in [0.2, 0.25) is 0 Å². The maximum atomic E-state index is 11.0. The van der Waals surface area contributed by atoms with Gasteiger partial charge in [-0.15, -0.1) is 0 Å². The molecule has 0 bridgehead atoms. The first-order valence-corrected chi connectivity index (χ1v) is 4.60. The van der Waals surface area contributed by atoms with Crippen LogP contribution in [0.4, 0.5) is 0 Å². The molecule has 0 spiro atoms. The Labute approximate surface area is 78.1 Å². The third-order valence-corrected chi connectivity index (χ3v) is 2.54. The lowest BCUT2D eigenvalue weighted by molar-refractivity contribution is -0.122. The van der Waals surface area contributed by atoms with Crippen molar-refractivity contribution in [1.29, 1.82) is 0 Å². The Kier molecular flexibility index (Phi) is 3.42. The summed E-state index contributed by atoms with van der Waals surface area (Å²) in [5.41, 5.74) is 5.07. The fraction of sp³-hybridized carbons (Fsp3) is 0.778. The number of hydrogen-bond donors (Lipinski definition) is 1. The van der Waals surface area contributed by atoms with Gasteiger partial charge >= 0.3 is 0 Å². The lowest BCUT2D eigenvalue weighted by Gasteiger charge is -2.29. The topological polar surface area (TPSA) is 63.4 Å². The summed E-state index contributed by atoms with van der Waals surface area (Å²) in [5.74, 6) is 0.170. The van der Waals surface area contributed by atoms with Gasteiger partial charge in [0, 0.05) is 5.92 Å². The molecule has 1 saturated heterocycles. The van der Waals surface area contributed by atoms with E-state index >= 15 is 0 Å². The second-order valence-electron chi connectivity index (χ2n) is 3.63. The fourth-order valence-corrected chi connectivity index (χ4v) is 1.72. The van der Waals surface area contributed by atoms with E-state index in [4.69, 9.17) is 5.73 Å². The van der Waals surface area contributed by atoms with Crippen molar-refractivity contribution in [3.8, 4) is 0 Å². The van der Waals surface area contributed by atoms with Gasteiger partial charge in [0.1, 0.15) is 5.78 Å². The van der Waals surface area contributed by atoms with Crippen molar-refractivity contribution >= 4 is 11.7 Å². The van der Waals surface area contributed by atoms with Gasteiger partial charge in [-0.1, -0.05) is 0 Å². The number of hydrogen-bond acceptors (Lipinski definition) is 3. The Bertz CT molecular complexity index is 208. The van der Waals surface area contributed by atoms with Crippen LogP contribution in [-0.4, -0.2) is 36.2 Å². The number of carbonyl (C=O) groups is 2. The Hall–Kier alpha value is -0.900. The molecule has 1 rings (SSSR count). The molecule has 0 atom stereocenters. The van der Waals surface area contributed by atoms with Gasteiger partial charge in [0.25, 0.3) is 0 Å². The Balaban J connectivity index is 2.30. The number of piperidine rings is 1. The monoisotopic (exact) mass is 184 g/mol. The first-order valence-electron chi connectivity index (χ1n) is 4.60. The van der Waals surface area contributed by atoms with Gasteiger partial charge in [-0.25, -0.2) is 0 Å². The molecule has 0 aromatic carbocycles. The molecule has 0 radical (unpaired) electrons. The zero-order valence-corrected chi connectivity index (χ0v) is 7.95. The summed E-state index contributed by atoms with van der Waals surface area (Å²) in [6.07, 6.45) is 1.73. The van der Waals surface area contributed by atoms with Gasteiger partial charge in [-0.3, -0.25) is 14.5 Å². The highest BCUT2D eigenvalue weighted by molar-refractivity contribution is 5.78. The minimum absolute atomic E-state index is 0.198. The van der Waals surface area contributed by atoms with Gasteiger partial charge in [0.05, 0.1) is 6.54 Å². The van der Waals surface area contributed by atoms with Crippen LogP contribution in [0.1, 0.15) is 19.8 Å². The molecule has 0 unspecified atom stereocenters. The van der Waals surface area contributed by atoms with Crippen LogP contribution in [0, 0.1) is 5.92 Å². The first kappa shape index (κ1) is 10.2. The maximum Gasteiger partial charge on any atom is 0.231 e. The SMILES string of the molecule is CC(=O)C1CCN(CC(N)=O)CC1. The molecule has 4 nitrogen and oxygen atoms in total. The third kappa shape index (κ3) is 3.14. The highest BCUT2D eigenvalue weighted by atomic mass is 16.1. The molecule has 0 saturated carbocycles. The van der Waals surface area contributed by atoms with Gasteiger partial charge in [-0.2, -0.15) is 0 Å². The zero-order valence-electron chi connectivity index (χ0n) is 7.95. The number of rotatable bonds is 3. The Morgan fingerprint density at radius 3 is 2.31 bits per heavy atom. The second-order valence-corrected chi connectivity index (χ2v) is 3.63. The number of primary amides is 1. The molecule has 0 aliphatic carbocycles. The van der Waals surface area contributed by atoms with Crippen molar-refractivity contribution in [2.75, 3.05) is 19.6 Å². The van der Waals surface area contributed by atoms with Crippen LogP contribution in [0.5, 0.6) is 0 Å². The van der Waals surface area contributed by atoms with Crippen LogP contribution in [-0.2, 0) is 9.59 Å². The van der Waals surface area contributed by atoms with Crippen LogP contribution < -0.4 is 5.73 Å². The average Bonchev–Trinajstić information content (AvgIpc) is 2.04. The number of likely N-dealkylation sites (tertiary alicyclic amines) is 1. The lowest BCUT2D eigenvalue weighted by Crippen LogP contribution is -2.40. The van der Waals surface area contributed by atoms with E-state index in [9.17, 15) is 9.59 Å². The molecular formula is C9H16N2O2. The molecule has 1 aliphatic heterocycles. The average molecular weight is 184 g/mol. The van der Waals surface area contributed by atoms with E-state index in [1.54, 1.807) is 6.92 Å². The van der Waals surface area contributed by atoms with Crippen LogP contribution >= 0.6 is 0 Å². The first-order chi connectivity index (χ1) is 6.09. The lowest BCUT2D eigenvalue weighted by atomic mass is 9.93. The van der Waals surface area contributed by atoms with Gasteiger partial charge in [0.2, 0.25) is 5.91 Å². The standard InChI is InChI=1S/C9H16N2O2/c1-7(12)8-2-4-11(5-3-8)6-9(10)13/h8H,2-6H2,1H3,(H2,10,13). The van der Waals surface area contributed by atoms with Crippen molar-refractivity contribution in [1.82, 2.24) is 4.90 Å². The smallest absolute Gasteiger partial charge is 0.231 e. The molecule has 2 N–H and O–H groups in total. The van der Waals surface area contributed by atoms with E-state index in [2.05, 4.69) is 0 Å². The summed E-state index contributed by atoms with van der Waals surface area (Å²) < 4.78 is 0. The van der Waals surface area contributed by atoms with Crippen molar-refractivity contribution in [2.45, 2.75) is 19.8 Å². The summed E-state index contributed by atoms with van der Waals surface area (Å²) in [7, 11) is 0. The maximum absolute atomic E-state index is 11.0. The molecule has 1 amide bonds. The van der Waals surface area contributed by atoms with Crippen molar-refractivity contribution in [2.24, 2.45) is 11.7 Å². The van der Waals surface area contributed by atoms with Crippen molar-refractivity contribution in [3.05, 3.63) is 0 Å². The molecule has 1 aliphatic rings. The van der Waals surface area contributed by atoms with E-state index < -0.39 is 0 Å². The number of amides is 1. The van der Waals surface area contributed by atoms with Crippen LogP contribution in [0.3, 0.4) is 0 Å². The van der Waals surface area contributed by atoms with E-state index in [0.29, 0.717) is 6.54 Å². The number of carbonyl (C=O) groups excluding carboxylic acids is 2. The second kappa shape index (κ2) is 4.37. The quantitative estimate of drug-likeness (QED) is 0.659. The summed E-state index contributed by atoms with van der Waals surface area (Å²) >= 11 is 0. The number of nitrogens with two attached hydrogens (primary N) is 1. The van der Waals surface area contributed by atoms with Gasteiger partial charge in [-0.05, 0) is 32.9 Å². The highest BCUT2D eigenvalue weighted by Gasteiger charge is 2.22.